The summed E-state index contributed by atoms with van der Waals surface area (Å²) in [5, 5.41) is 0.804. The number of halogens is 1. The van der Waals surface area contributed by atoms with Crippen LogP contribution in [0.15, 0.2) is 59.1 Å². The highest BCUT2D eigenvalue weighted by Crippen LogP contribution is 2.36. The Hall–Kier alpha value is -3.65. The largest absolute Gasteiger partial charge is 0.497 e. The van der Waals surface area contributed by atoms with Crippen molar-refractivity contribution in [3.05, 3.63) is 81.5 Å². The SMILES string of the molecule is COC(=O)c1c(C(=O)OC)c2c(Br)cc3ccccc3n2c1C(=O)c1ccc(OC)cc1. The Balaban J connectivity index is 2.19. The highest BCUT2D eigenvalue weighted by Gasteiger charge is 2.34. The Labute approximate surface area is 191 Å². The molecular weight excluding hydrogens is 478 g/mol. The second-order valence-corrected chi connectivity index (χ2v) is 7.73. The van der Waals surface area contributed by atoms with Crippen LogP contribution in [0.1, 0.15) is 36.8 Å². The zero-order valence-corrected chi connectivity index (χ0v) is 19.1. The molecule has 0 saturated carbocycles. The number of aromatic nitrogens is 1. The van der Waals surface area contributed by atoms with E-state index < -0.39 is 17.7 Å². The third kappa shape index (κ3) is 3.33. The van der Waals surface area contributed by atoms with E-state index in [-0.39, 0.29) is 16.8 Å². The molecule has 0 amide bonds. The van der Waals surface area contributed by atoms with Crippen molar-refractivity contribution in [3.63, 3.8) is 0 Å². The minimum Gasteiger partial charge on any atom is -0.497 e. The first-order valence-electron chi connectivity index (χ1n) is 9.54. The Morgan fingerprint density at radius 3 is 2.09 bits per heavy atom. The van der Waals surface area contributed by atoms with Crippen LogP contribution in [-0.4, -0.2) is 43.5 Å². The quantitative estimate of drug-likeness (QED) is 0.295. The van der Waals surface area contributed by atoms with Crippen molar-refractivity contribution in [1.29, 1.82) is 0 Å². The van der Waals surface area contributed by atoms with Crippen LogP contribution in [0.2, 0.25) is 0 Å². The van der Waals surface area contributed by atoms with Gasteiger partial charge in [0.25, 0.3) is 0 Å². The zero-order chi connectivity index (χ0) is 23.0. The Bertz CT molecular complexity index is 1390. The topological polar surface area (TPSA) is 83.3 Å². The summed E-state index contributed by atoms with van der Waals surface area (Å²) in [6.45, 7) is 0. The molecule has 0 aliphatic rings. The van der Waals surface area contributed by atoms with Crippen molar-refractivity contribution in [3.8, 4) is 5.75 Å². The van der Waals surface area contributed by atoms with Gasteiger partial charge in [0, 0.05) is 10.0 Å². The average Bonchev–Trinajstić information content (AvgIpc) is 3.19. The summed E-state index contributed by atoms with van der Waals surface area (Å²) in [7, 11) is 3.94. The smallest absolute Gasteiger partial charge is 0.341 e. The third-order valence-corrected chi connectivity index (χ3v) is 5.81. The van der Waals surface area contributed by atoms with Crippen LogP contribution in [0.5, 0.6) is 5.75 Å². The molecule has 0 saturated heterocycles. The monoisotopic (exact) mass is 495 g/mol. The number of hydrogen-bond acceptors (Lipinski definition) is 6. The number of fused-ring (bicyclic) bond motifs is 3. The van der Waals surface area contributed by atoms with Crippen LogP contribution in [0, 0.1) is 0 Å². The number of methoxy groups -OCH3 is 3. The molecule has 0 aliphatic heterocycles. The molecular formula is C24H18BrNO6. The van der Waals surface area contributed by atoms with Crippen LogP contribution in [0.4, 0.5) is 0 Å². The molecule has 0 bridgehead atoms. The molecule has 0 atom stereocenters. The van der Waals surface area contributed by atoms with Crippen molar-refractivity contribution < 1.29 is 28.6 Å². The van der Waals surface area contributed by atoms with E-state index in [9.17, 15) is 14.4 Å². The Morgan fingerprint density at radius 1 is 0.844 bits per heavy atom. The number of benzene rings is 2. The molecule has 0 unspecified atom stereocenters. The normalized spacial score (nSPS) is 10.9. The third-order valence-electron chi connectivity index (χ3n) is 5.20. The first kappa shape index (κ1) is 21.6. The molecule has 7 nitrogen and oxygen atoms in total. The minimum atomic E-state index is -0.818. The van der Waals surface area contributed by atoms with Crippen LogP contribution >= 0.6 is 15.9 Å². The lowest BCUT2D eigenvalue weighted by Crippen LogP contribution is -2.15. The number of carbonyl (C=O) groups is 3. The highest BCUT2D eigenvalue weighted by atomic mass is 79.9. The van der Waals surface area contributed by atoms with Gasteiger partial charge in [-0.2, -0.15) is 0 Å². The van der Waals surface area contributed by atoms with Gasteiger partial charge < -0.3 is 18.6 Å². The second-order valence-electron chi connectivity index (χ2n) is 6.87. The number of rotatable bonds is 5. The molecule has 32 heavy (non-hydrogen) atoms. The van der Waals surface area contributed by atoms with Crippen molar-refractivity contribution in [2.45, 2.75) is 0 Å². The number of esters is 2. The van der Waals surface area contributed by atoms with E-state index in [2.05, 4.69) is 15.9 Å². The fraction of sp³-hybridized carbons (Fsp3) is 0.125. The van der Waals surface area contributed by atoms with Crippen molar-refractivity contribution in [2.75, 3.05) is 21.3 Å². The van der Waals surface area contributed by atoms with Crippen LogP contribution in [0.25, 0.3) is 16.4 Å². The summed E-state index contributed by atoms with van der Waals surface area (Å²) in [6.07, 6.45) is 0. The number of ether oxygens (including phenoxy) is 3. The number of ketones is 1. The van der Waals surface area contributed by atoms with Gasteiger partial charge in [0.15, 0.2) is 0 Å². The van der Waals surface area contributed by atoms with Crippen molar-refractivity contribution in [2.24, 2.45) is 0 Å². The van der Waals surface area contributed by atoms with Gasteiger partial charge in [0.2, 0.25) is 5.78 Å². The summed E-state index contributed by atoms with van der Waals surface area (Å²) < 4.78 is 17.2. The van der Waals surface area contributed by atoms with Gasteiger partial charge in [-0.25, -0.2) is 9.59 Å². The Kier molecular flexibility index (Phi) is 5.71. The van der Waals surface area contributed by atoms with Gasteiger partial charge in [0.1, 0.15) is 22.6 Å². The van der Waals surface area contributed by atoms with E-state index in [1.165, 1.54) is 21.3 Å². The maximum Gasteiger partial charge on any atom is 0.341 e. The van der Waals surface area contributed by atoms with E-state index in [1.807, 2.05) is 30.3 Å². The van der Waals surface area contributed by atoms with Gasteiger partial charge in [-0.15, -0.1) is 0 Å². The minimum absolute atomic E-state index is 0.00918. The fourth-order valence-corrected chi connectivity index (χ4v) is 4.38. The molecule has 0 radical (unpaired) electrons. The highest BCUT2D eigenvalue weighted by molar-refractivity contribution is 9.10. The molecule has 2 heterocycles. The van der Waals surface area contributed by atoms with E-state index >= 15 is 0 Å². The van der Waals surface area contributed by atoms with E-state index in [0.29, 0.717) is 26.8 Å². The standard InChI is InChI=1S/C24H18BrNO6/c1-30-15-10-8-13(9-11-15)22(27)21-19(24(29)32-3)18(23(28)31-2)20-16(25)12-14-6-4-5-7-17(14)26(20)21/h4-12H,1-3H3. The van der Waals surface area contributed by atoms with Gasteiger partial charge >= 0.3 is 11.9 Å². The molecule has 2 aromatic heterocycles. The lowest BCUT2D eigenvalue weighted by Gasteiger charge is -2.10. The van der Waals surface area contributed by atoms with Gasteiger partial charge in [-0.3, -0.25) is 4.79 Å². The van der Waals surface area contributed by atoms with E-state index in [4.69, 9.17) is 14.2 Å². The van der Waals surface area contributed by atoms with E-state index in [0.717, 1.165) is 5.39 Å². The summed E-state index contributed by atoms with van der Waals surface area (Å²) in [4.78, 5) is 39.5. The lowest BCUT2D eigenvalue weighted by molar-refractivity contribution is 0.0556. The van der Waals surface area contributed by atoms with Gasteiger partial charge in [-0.1, -0.05) is 18.2 Å². The summed E-state index contributed by atoms with van der Waals surface area (Å²) in [5.74, 6) is -1.45. The Morgan fingerprint density at radius 2 is 1.47 bits per heavy atom. The first-order chi connectivity index (χ1) is 15.4. The summed E-state index contributed by atoms with van der Waals surface area (Å²) in [6, 6.07) is 15.7. The predicted octanol–water partition coefficient (Wildman–Crippen LogP) is 4.67. The maximum atomic E-state index is 13.7. The van der Waals surface area contributed by atoms with Crippen molar-refractivity contribution in [1.82, 2.24) is 4.40 Å². The zero-order valence-electron chi connectivity index (χ0n) is 17.5. The lowest BCUT2D eigenvalue weighted by atomic mass is 10.0. The average molecular weight is 496 g/mol. The molecule has 0 spiro atoms. The number of para-hydroxylation sites is 1. The molecule has 2 aromatic carbocycles. The molecule has 8 heteroatoms. The number of pyridine rings is 1. The van der Waals surface area contributed by atoms with Gasteiger partial charge in [0.05, 0.1) is 32.4 Å². The first-order valence-corrected chi connectivity index (χ1v) is 10.3. The molecule has 0 N–H and O–H groups in total. The van der Waals surface area contributed by atoms with Crippen LogP contribution in [0.3, 0.4) is 0 Å². The number of hydrogen-bond donors (Lipinski definition) is 0. The van der Waals surface area contributed by atoms with Crippen LogP contribution in [-0.2, 0) is 9.47 Å². The molecule has 0 aliphatic carbocycles. The van der Waals surface area contributed by atoms with Gasteiger partial charge in [-0.05, 0) is 57.7 Å². The number of carbonyl (C=O) groups excluding carboxylic acids is 3. The fourth-order valence-electron chi connectivity index (χ4n) is 3.75. The van der Waals surface area contributed by atoms with Crippen molar-refractivity contribution >= 4 is 50.1 Å². The molecule has 4 rings (SSSR count). The maximum absolute atomic E-state index is 13.7. The molecule has 162 valence electrons. The second kappa shape index (κ2) is 8.47. The molecule has 0 fully saturated rings. The van der Waals surface area contributed by atoms with Crippen LogP contribution < -0.4 is 4.74 Å². The summed E-state index contributed by atoms with van der Waals surface area (Å²) in [5.41, 5.74) is 1.10. The predicted molar refractivity (Wildman–Crippen MR) is 122 cm³/mol. The van der Waals surface area contributed by atoms with E-state index in [1.54, 1.807) is 28.7 Å². The summed E-state index contributed by atoms with van der Waals surface area (Å²) >= 11 is 3.50. The molecule has 4 aromatic rings. The number of nitrogens with zero attached hydrogens (tertiary/aromatic N) is 1.